The van der Waals surface area contributed by atoms with E-state index in [9.17, 15) is 4.79 Å². The highest BCUT2D eigenvalue weighted by atomic mass is 16.2. The summed E-state index contributed by atoms with van der Waals surface area (Å²) in [5.41, 5.74) is 8.43. The van der Waals surface area contributed by atoms with E-state index in [1.54, 1.807) is 4.90 Å². The molecule has 2 N–H and O–H groups in total. The highest BCUT2D eigenvalue weighted by Gasteiger charge is 2.23. The molecule has 3 heteroatoms. The Kier molecular flexibility index (Phi) is 1.81. The quantitative estimate of drug-likeness (QED) is 0.685. The number of rotatable bonds is 1. The van der Waals surface area contributed by atoms with E-state index in [0.29, 0.717) is 6.54 Å². The molecule has 3 nitrogen and oxygen atoms in total. The summed E-state index contributed by atoms with van der Waals surface area (Å²) in [6.07, 6.45) is 0. The topological polar surface area (TPSA) is 46.3 Å². The number of nitrogens with two attached hydrogens (primary N) is 1. The van der Waals surface area contributed by atoms with Crippen LogP contribution in [-0.4, -0.2) is 17.9 Å². The third-order valence-electron chi connectivity index (χ3n) is 2.39. The fourth-order valence-corrected chi connectivity index (χ4v) is 1.62. The molecule has 1 aromatic rings. The Morgan fingerprint density at radius 1 is 1.54 bits per heavy atom. The van der Waals surface area contributed by atoms with E-state index >= 15 is 0 Å². The van der Waals surface area contributed by atoms with Crippen molar-refractivity contribution in [2.45, 2.75) is 13.1 Å². The van der Waals surface area contributed by atoms with Gasteiger partial charge in [0.05, 0.1) is 0 Å². The smallest absolute Gasteiger partial charge is 0.254 e. The Labute approximate surface area is 77.1 Å². The fourth-order valence-electron chi connectivity index (χ4n) is 1.62. The van der Waals surface area contributed by atoms with Gasteiger partial charge in [-0.05, 0) is 17.2 Å². The van der Waals surface area contributed by atoms with Crippen LogP contribution in [0.25, 0.3) is 0 Å². The maximum absolute atomic E-state index is 11.5. The zero-order valence-electron chi connectivity index (χ0n) is 7.58. The normalized spacial score (nSPS) is 14.9. The van der Waals surface area contributed by atoms with Crippen molar-refractivity contribution < 1.29 is 4.79 Å². The van der Waals surface area contributed by atoms with Crippen molar-refractivity contribution in [2.24, 2.45) is 5.73 Å². The second-order valence-corrected chi connectivity index (χ2v) is 3.36. The van der Waals surface area contributed by atoms with Crippen molar-refractivity contribution in [3.63, 3.8) is 0 Å². The summed E-state index contributed by atoms with van der Waals surface area (Å²) in [5, 5.41) is 0. The van der Waals surface area contributed by atoms with E-state index in [0.717, 1.165) is 23.2 Å². The molecular formula is C10H12N2O. The maximum atomic E-state index is 11.5. The van der Waals surface area contributed by atoms with E-state index in [1.165, 1.54) is 0 Å². The zero-order valence-corrected chi connectivity index (χ0v) is 7.58. The van der Waals surface area contributed by atoms with Gasteiger partial charge in [0.1, 0.15) is 0 Å². The third kappa shape index (κ3) is 1.21. The van der Waals surface area contributed by atoms with Crippen molar-refractivity contribution in [1.29, 1.82) is 0 Å². The first-order valence-corrected chi connectivity index (χ1v) is 4.29. The molecule has 1 aliphatic rings. The van der Waals surface area contributed by atoms with Crippen molar-refractivity contribution in [3.8, 4) is 0 Å². The van der Waals surface area contributed by atoms with Crippen LogP contribution in [0.3, 0.4) is 0 Å². The number of carbonyl (C=O) groups excluding carboxylic acids is 1. The highest BCUT2D eigenvalue weighted by Crippen LogP contribution is 2.22. The number of fused-ring (bicyclic) bond motifs is 1. The first kappa shape index (κ1) is 8.26. The first-order chi connectivity index (χ1) is 6.22. The average molecular weight is 176 g/mol. The molecule has 0 aromatic heterocycles. The van der Waals surface area contributed by atoms with E-state index in [-0.39, 0.29) is 5.91 Å². The van der Waals surface area contributed by atoms with Gasteiger partial charge in [0, 0.05) is 25.7 Å². The minimum Gasteiger partial charge on any atom is -0.337 e. The lowest BCUT2D eigenvalue weighted by Crippen LogP contribution is -2.17. The van der Waals surface area contributed by atoms with Gasteiger partial charge in [-0.25, -0.2) is 0 Å². The highest BCUT2D eigenvalue weighted by molar-refractivity contribution is 5.98. The lowest BCUT2D eigenvalue weighted by atomic mass is 10.1. The maximum Gasteiger partial charge on any atom is 0.254 e. The summed E-state index contributed by atoms with van der Waals surface area (Å²) in [7, 11) is 1.81. The van der Waals surface area contributed by atoms with Crippen LogP contribution in [0.4, 0.5) is 0 Å². The number of hydrogen-bond donors (Lipinski definition) is 1. The van der Waals surface area contributed by atoms with Gasteiger partial charge in [-0.15, -0.1) is 0 Å². The molecule has 0 saturated carbocycles. The second-order valence-electron chi connectivity index (χ2n) is 3.36. The molecule has 0 aliphatic carbocycles. The Bertz CT molecular complexity index is 360. The predicted octanol–water partition coefficient (Wildman–Crippen LogP) is 0.731. The lowest BCUT2D eigenvalue weighted by molar-refractivity contribution is 0.0816. The molecule has 0 unspecified atom stereocenters. The van der Waals surface area contributed by atoms with Crippen molar-refractivity contribution in [1.82, 2.24) is 4.90 Å². The van der Waals surface area contributed by atoms with Gasteiger partial charge < -0.3 is 10.6 Å². The number of carbonyl (C=O) groups is 1. The summed E-state index contributed by atoms with van der Waals surface area (Å²) in [6.45, 7) is 1.21. The number of hydrogen-bond acceptors (Lipinski definition) is 2. The van der Waals surface area contributed by atoms with Crippen LogP contribution in [0.5, 0.6) is 0 Å². The Balaban J connectivity index is 2.48. The van der Waals surface area contributed by atoms with Gasteiger partial charge in [0.2, 0.25) is 0 Å². The SMILES string of the molecule is CN1Cc2ccc(CN)cc2C1=O. The zero-order chi connectivity index (χ0) is 9.42. The number of amides is 1. The summed E-state index contributed by atoms with van der Waals surface area (Å²) in [6, 6.07) is 5.85. The summed E-state index contributed by atoms with van der Waals surface area (Å²) in [5.74, 6) is 0.102. The number of benzene rings is 1. The second kappa shape index (κ2) is 2.85. The van der Waals surface area contributed by atoms with Crippen molar-refractivity contribution in [3.05, 3.63) is 34.9 Å². The van der Waals surface area contributed by atoms with Crippen LogP contribution < -0.4 is 5.73 Å². The molecule has 0 fully saturated rings. The Hall–Kier alpha value is -1.35. The molecule has 0 saturated heterocycles. The average Bonchev–Trinajstić information content (AvgIpc) is 2.43. The molecule has 1 heterocycles. The van der Waals surface area contributed by atoms with Gasteiger partial charge >= 0.3 is 0 Å². The molecule has 1 aliphatic heterocycles. The van der Waals surface area contributed by atoms with Crippen molar-refractivity contribution >= 4 is 5.91 Å². The van der Waals surface area contributed by atoms with Crippen LogP contribution in [0, 0.1) is 0 Å². The summed E-state index contributed by atoms with van der Waals surface area (Å²) >= 11 is 0. The lowest BCUT2D eigenvalue weighted by Gasteiger charge is -2.04. The fraction of sp³-hybridized carbons (Fsp3) is 0.300. The van der Waals surface area contributed by atoms with Gasteiger partial charge in [-0.3, -0.25) is 4.79 Å². The minimum absolute atomic E-state index is 0.102. The van der Waals surface area contributed by atoms with E-state index < -0.39 is 0 Å². The predicted molar refractivity (Wildman–Crippen MR) is 50.1 cm³/mol. The van der Waals surface area contributed by atoms with Crippen LogP contribution in [-0.2, 0) is 13.1 Å². The first-order valence-electron chi connectivity index (χ1n) is 4.29. The van der Waals surface area contributed by atoms with Gasteiger partial charge in [-0.2, -0.15) is 0 Å². The van der Waals surface area contributed by atoms with E-state index in [4.69, 9.17) is 5.73 Å². The monoisotopic (exact) mass is 176 g/mol. The van der Waals surface area contributed by atoms with E-state index in [1.807, 2.05) is 25.2 Å². The van der Waals surface area contributed by atoms with Crippen molar-refractivity contribution in [2.75, 3.05) is 7.05 Å². The standard InChI is InChI=1S/C10H12N2O/c1-12-6-8-3-2-7(5-11)4-9(8)10(12)13/h2-4H,5-6,11H2,1H3. The molecule has 13 heavy (non-hydrogen) atoms. The van der Waals surface area contributed by atoms with Crippen LogP contribution in [0.15, 0.2) is 18.2 Å². The summed E-state index contributed by atoms with van der Waals surface area (Å²) in [4.78, 5) is 13.3. The molecule has 1 amide bonds. The molecule has 68 valence electrons. The minimum atomic E-state index is 0.102. The summed E-state index contributed by atoms with van der Waals surface area (Å²) < 4.78 is 0. The molecule has 0 atom stereocenters. The van der Waals surface area contributed by atoms with Gasteiger partial charge in [0.25, 0.3) is 5.91 Å². The molecule has 1 aromatic carbocycles. The molecule has 0 bridgehead atoms. The van der Waals surface area contributed by atoms with Crippen LogP contribution >= 0.6 is 0 Å². The molecule has 2 rings (SSSR count). The van der Waals surface area contributed by atoms with E-state index in [2.05, 4.69) is 0 Å². The van der Waals surface area contributed by atoms with Gasteiger partial charge in [-0.1, -0.05) is 12.1 Å². The molecule has 0 radical (unpaired) electrons. The Morgan fingerprint density at radius 3 is 3.00 bits per heavy atom. The number of nitrogens with zero attached hydrogens (tertiary/aromatic N) is 1. The Morgan fingerprint density at radius 2 is 2.31 bits per heavy atom. The third-order valence-corrected chi connectivity index (χ3v) is 2.39. The van der Waals surface area contributed by atoms with Gasteiger partial charge in [0.15, 0.2) is 0 Å². The molecule has 0 spiro atoms. The largest absolute Gasteiger partial charge is 0.337 e. The van der Waals surface area contributed by atoms with Crippen LogP contribution in [0.2, 0.25) is 0 Å². The molecular weight excluding hydrogens is 164 g/mol. The van der Waals surface area contributed by atoms with Crippen LogP contribution in [0.1, 0.15) is 21.5 Å².